The van der Waals surface area contributed by atoms with Crippen molar-refractivity contribution in [3.05, 3.63) is 47.0 Å². The predicted molar refractivity (Wildman–Crippen MR) is 82.7 cm³/mol. The van der Waals surface area contributed by atoms with Crippen molar-refractivity contribution in [2.45, 2.75) is 19.9 Å². The van der Waals surface area contributed by atoms with Crippen LogP contribution in [0.25, 0.3) is 0 Å². The van der Waals surface area contributed by atoms with E-state index in [0.717, 1.165) is 24.2 Å². The average molecular weight is 303 g/mol. The van der Waals surface area contributed by atoms with Gasteiger partial charge in [0.15, 0.2) is 6.54 Å². The Morgan fingerprint density at radius 2 is 2.18 bits per heavy atom. The van der Waals surface area contributed by atoms with Crippen molar-refractivity contribution in [2.75, 3.05) is 27.7 Å². The molecule has 22 heavy (non-hydrogen) atoms. The molecule has 0 fully saturated rings. The van der Waals surface area contributed by atoms with Crippen LogP contribution in [0.5, 0.6) is 0 Å². The molecule has 0 atom stereocenters. The lowest BCUT2D eigenvalue weighted by Gasteiger charge is -2.06. The largest absolute Gasteiger partial charge is 0.465 e. The molecule has 0 aliphatic carbocycles. The second-order valence-corrected chi connectivity index (χ2v) is 5.54. The van der Waals surface area contributed by atoms with Crippen LogP contribution in [0.4, 0.5) is 0 Å². The molecule has 0 spiro atoms. The summed E-state index contributed by atoms with van der Waals surface area (Å²) in [6.45, 7) is 3.94. The second kappa shape index (κ2) is 7.17. The van der Waals surface area contributed by atoms with E-state index in [9.17, 15) is 4.79 Å². The van der Waals surface area contributed by atoms with Gasteiger partial charge in [-0.1, -0.05) is 0 Å². The van der Waals surface area contributed by atoms with Gasteiger partial charge in [0.2, 0.25) is 5.69 Å². The van der Waals surface area contributed by atoms with Gasteiger partial charge in [-0.2, -0.15) is 5.10 Å². The Labute approximate surface area is 130 Å². The first-order valence-corrected chi connectivity index (χ1v) is 7.25. The first kappa shape index (κ1) is 16.2. The number of nitrogens with zero attached hydrogens (tertiary/aromatic N) is 3. The maximum Gasteiger partial charge on any atom is 0.338 e. The van der Waals surface area contributed by atoms with E-state index < -0.39 is 0 Å². The number of aromatic amines is 1. The highest BCUT2D eigenvalue weighted by Gasteiger charge is 2.18. The van der Waals surface area contributed by atoms with Crippen LogP contribution < -0.4 is 4.68 Å². The Balaban J connectivity index is 2.20. The summed E-state index contributed by atoms with van der Waals surface area (Å²) < 4.78 is 6.94. The smallest absolute Gasteiger partial charge is 0.338 e. The molecule has 118 valence electrons. The molecule has 0 saturated heterocycles. The highest BCUT2D eigenvalue weighted by atomic mass is 16.5. The number of hydrogen-bond donors (Lipinski definition) is 1. The number of likely N-dealkylation sites (N-methyl/N-ethyl adjacent to an activating group) is 1. The van der Waals surface area contributed by atoms with Crippen molar-refractivity contribution in [1.29, 1.82) is 0 Å². The van der Waals surface area contributed by atoms with Gasteiger partial charge in [0.05, 0.1) is 25.4 Å². The number of nitrogens with one attached hydrogen (secondary N) is 1. The third-order valence-corrected chi connectivity index (χ3v) is 3.72. The van der Waals surface area contributed by atoms with Crippen LogP contribution in [-0.2, 0) is 17.7 Å². The monoisotopic (exact) mass is 303 g/mol. The van der Waals surface area contributed by atoms with Gasteiger partial charge in [-0.05, 0) is 25.7 Å². The van der Waals surface area contributed by atoms with Crippen LogP contribution in [0, 0.1) is 6.92 Å². The fourth-order valence-electron chi connectivity index (χ4n) is 2.32. The molecule has 6 nitrogen and oxygen atoms in total. The van der Waals surface area contributed by atoms with Crippen molar-refractivity contribution in [3.8, 4) is 0 Å². The lowest BCUT2D eigenvalue weighted by molar-refractivity contribution is -0.754. The summed E-state index contributed by atoms with van der Waals surface area (Å²) >= 11 is 0. The highest BCUT2D eigenvalue weighted by molar-refractivity contribution is 5.90. The molecular formula is C16H23N4O2+. The summed E-state index contributed by atoms with van der Waals surface area (Å²) in [7, 11) is 5.50. The number of methoxy groups -OCH3 is 1. The Morgan fingerprint density at radius 3 is 2.86 bits per heavy atom. The van der Waals surface area contributed by atoms with Crippen LogP contribution in [0.1, 0.15) is 27.2 Å². The topological polar surface area (TPSA) is 62.1 Å². The van der Waals surface area contributed by atoms with Crippen molar-refractivity contribution < 1.29 is 14.2 Å². The van der Waals surface area contributed by atoms with Gasteiger partial charge in [-0.3, -0.25) is 4.98 Å². The lowest BCUT2D eigenvalue weighted by Crippen LogP contribution is -2.42. The molecule has 0 unspecified atom stereocenters. The van der Waals surface area contributed by atoms with Gasteiger partial charge in [0, 0.05) is 31.3 Å². The number of hydrogen-bond acceptors (Lipinski definition) is 4. The maximum atomic E-state index is 11.8. The summed E-state index contributed by atoms with van der Waals surface area (Å²) in [6, 6.07) is 1.70. The van der Waals surface area contributed by atoms with E-state index in [0.29, 0.717) is 12.0 Å². The van der Waals surface area contributed by atoms with Crippen molar-refractivity contribution >= 4 is 5.97 Å². The SMILES string of the molecule is COC(=O)c1ccncc1Cc1c[nH][n+](CCN(C)C)c1C. The van der Waals surface area contributed by atoms with Crippen LogP contribution in [0.15, 0.2) is 24.7 Å². The Kier molecular flexibility index (Phi) is 5.27. The molecule has 2 aromatic rings. The minimum Gasteiger partial charge on any atom is -0.465 e. The minimum atomic E-state index is -0.328. The molecular weight excluding hydrogens is 280 g/mol. The molecule has 0 saturated carbocycles. The summed E-state index contributed by atoms with van der Waals surface area (Å²) in [5.41, 5.74) is 3.76. The van der Waals surface area contributed by atoms with Gasteiger partial charge in [-0.25, -0.2) is 4.79 Å². The van der Waals surface area contributed by atoms with Crippen LogP contribution >= 0.6 is 0 Å². The van der Waals surface area contributed by atoms with Gasteiger partial charge in [-0.15, -0.1) is 4.68 Å². The number of ether oxygens (including phenoxy) is 1. The number of rotatable bonds is 6. The molecule has 2 heterocycles. The van der Waals surface area contributed by atoms with Crippen molar-refractivity contribution in [1.82, 2.24) is 15.0 Å². The molecule has 0 aliphatic heterocycles. The Bertz CT molecular complexity index is 649. The molecule has 0 aromatic carbocycles. The van der Waals surface area contributed by atoms with Gasteiger partial charge in [0.25, 0.3) is 0 Å². The number of carbonyl (C=O) groups is 1. The van der Waals surface area contributed by atoms with E-state index in [1.165, 1.54) is 12.8 Å². The zero-order valence-electron chi connectivity index (χ0n) is 13.6. The molecule has 0 aliphatic rings. The summed E-state index contributed by atoms with van der Waals surface area (Å²) in [4.78, 5) is 18.1. The third-order valence-electron chi connectivity index (χ3n) is 3.72. The van der Waals surface area contributed by atoms with E-state index in [-0.39, 0.29) is 5.97 Å². The zero-order valence-corrected chi connectivity index (χ0v) is 13.6. The zero-order chi connectivity index (χ0) is 16.1. The van der Waals surface area contributed by atoms with E-state index in [4.69, 9.17) is 4.74 Å². The Morgan fingerprint density at radius 1 is 1.41 bits per heavy atom. The van der Waals surface area contributed by atoms with Gasteiger partial charge in [0.1, 0.15) is 0 Å². The molecule has 0 radical (unpaired) electrons. The normalized spacial score (nSPS) is 11.0. The quantitative estimate of drug-likeness (QED) is 0.637. The molecule has 1 N–H and O–H groups in total. The number of esters is 1. The fraction of sp³-hybridized carbons (Fsp3) is 0.438. The molecule has 6 heteroatoms. The minimum absolute atomic E-state index is 0.328. The first-order valence-electron chi connectivity index (χ1n) is 7.25. The van der Waals surface area contributed by atoms with Crippen molar-refractivity contribution in [2.24, 2.45) is 0 Å². The van der Waals surface area contributed by atoms with E-state index in [2.05, 4.69) is 40.7 Å². The third kappa shape index (κ3) is 3.71. The van der Waals surface area contributed by atoms with E-state index in [1.54, 1.807) is 18.5 Å². The predicted octanol–water partition coefficient (Wildman–Crippen LogP) is 0.945. The summed E-state index contributed by atoms with van der Waals surface area (Å²) in [5, 5.41) is 3.27. The molecule has 2 rings (SSSR count). The number of carbonyl (C=O) groups excluding carboxylic acids is 1. The molecule has 2 aromatic heterocycles. The van der Waals surface area contributed by atoms with Gasteiger partial charge < -0.3 is 9.64 Å². The Hall–Kier alpha value is -2.21. The molecule has 0 amide bonds. The summed E-state index contributed by atoms with van der Waals surface area (Å²) in [6.07, 6.45) is 5.97. The number of H-pyrrole nitrogens is 1. The van der Waals surface area contributed by atoms with Crippen LogP contribution in [0.2, 0.25) is 0 Å². The van der Waals surface area contributed by atoms with E-state index >= 15 is 0 Å². The highest BCUT2D eigenvalue weighted by Crippen LogP contribution is 2.15. The van der Waals surface area contributed by atoms with E-state index in [1.807, 2.05) is 6.20 Å². The summed E-state index contributed by atoms with van der Waals surface area (Å²) in [5.74, 6) is -0.328. The second-order valence-electron chi connectivity index (χ2n) is 5.54. The number of pyridine rings is 1. The van der Waals surface area contributed by atoms with Gasteiger partial charge >= 0.3 is 5.97 Å². The molecule has 0 bridgehead atoms. The standard InChI is InChI=1S/C16H22N4O2/c1-12-13(11-18-20(12)8-7-19(2)3)9-14-10-17-6-5-15(14)16(21)22-4/h5-6,10-11H,7-9H2,1-4H3/p+1. The first-order chi connectivity index (χ1) is 10.5. The average Bonchev–Trinajstić information content (AvgIpc) is 2.85. The lowest BCUT2D eigenvalue weighted by atomic mass is 10.0. The number of aromatic nitrogens is 3. The fourth-order valence-corrected chi connectivity index (χ4v) is 2.32. The van der Waals surface area contributed by atoms with Crippen molar-refractivity contribution in [3.63, 3.8) is 0 Å². The van der Waals surface area contributed by atoms with Crippen LogP contribution in [0.3, 0.4) is 0 Å². The van der Waals surface area contributed by atoms with Crippen LogP contribution in [-0.4, -0.2) is 48.7 Å². The maximum absolute atomic E-state index is 11.8.